The molecule has 0 N–H and O–H groups in total. The third kappa shape index (κ3) is 1.54. The Hall–Kier alpha value is -1.97. The molecule has 2 aromatic heterocycles. The SMILES string of the molecule is Cn1cc(C(=O)c2ccccn2)cn1. The van der Waals surface area contributed by atoms with E-state index in [9.17, 15) is 4.79 Å². The van der Waals surface area contributed by atoms with Crippen LogP contribution in [0.1, 0.15) is 16.1 Å². The highest BCUT2D eigenvalue weighted by atomic mass is 16.1. The van der Waals surface area contributed by atoms with E-state index in [1.165, 1.54) is 6.20 Å². The molecular formula is C10H9N3O. The summed E-state index contributed by atoms with van der Waals surface area (Å²) < 4.78 is 1.59. The zero-order valence-electron chi connectivity index (χ0n) is 7.71. The van der Waals surface area contributed by atoms with Crippen molar-refractivity contribution in [2.75, 3.05) is 0 Å². The normalized spacial score (nSPS) is 10.1. The van der Waals surface area contributed by atoms with Crippen LogP contribution in [-0.4, -0.2) is 20.5 Å². The van der Waals surface area contributed by atoms with Crippen LogP contribution < -0.4 is 0 Å². The number of nitrogens with zero attached hydrogens (tertiary/aromatic N) is 3. The number of rotatable bonds is 2. The van der Waals surface area contributed by atoms with E-state index in [0.29, 0.717) is 11.3 Å². The van der Waals surface area contributed by atoms with Gasteiger partial charge in [0.1, 0.15) is 5.69 Å². The highest BCUT2D eigenvalue weighted by Gasteiger charge is 2.10. The van der Waals surface area contributed by atoms with Gasteiger partial charge in [-0.25, -0.2) is 0 Å². The zero-order valence-corrected chi connectivity index (χ0v) is 7.71. The van der Waals surface area contributed by atoms with Gasteiger partial charge in [0.25, 0.3) is 0 Å². The molecule has 0 fully saturated rings. The van der Waals surface area contributed by atoms with Gasteiger partial charge in [0.05, 0.1) is 11.8 Å². The fourth-order valence-corrected chi connectivity index (χ4v) is 1.18. The summed E-state index contributed by atoms with van der Waals surface area (Å²) in [5.41, 5.74) is 1.01. The molecule has 0 saturated heterocycles. The van der Waals surface area contributed by atoms with E-state index in [-0.39, 0.29) is 5.78 Å². The van der Waals surface area contributed by atoms with E-state index in [1.807, 2.05) is 0 Å². The molecule has 0 aliphatic carbocycles. The average molecular weight is 187 g/mol. The third-order valence-corrected chi connectivity index (χ3v) is 1.86. The predicted molar refractivity (Wildman–Crippen MR) is 50.9 cm³/mol. The lowest BCUT2D eigenvalue weighted by atomic mass is 10.1. The molecule has 14 heavy (non-hydrogen) atoms. The molecule has 0 amide bonds. The minimum Gasteiger partial charge on any atom is -0.287 e. The van der Waals surface area contributed by atoms with Crippen molar-refractivity contribution in [2.45, 2.75) is 0 Å². The molecule has 0 bridgehead atoms. The third-order valence-electron chi connectivity index (χ3n) is 1.86. The molecule has 0 saturated carbocycles. The maximum Gasteiger partial charge on any atom is 0.214 e. The van der Waals surface area contributed by atoms with Crippen LogP contribution >= 0.6 is 0 Å². The van der Waals surface area contributed by atoms with Gasteiger partial charge in [-0.3, -0.25) is 14.5 Å². The molecule has 70 valence electrons. The molecule has 4 heteroatoms. The van der Waals surface area contributed by atoms with Crippen LogP contribution in [0.3, 0.4) is 0 Å². The second kappa shape index (κ2) is 3.41. The van der Waals surface area contributed by atoms with Gasteiger partial charge in [-0.2, -0.15) is 5.10 Å². The van der Waals surface area contributed by atoms with Crippen LogP contribution in [0.2, 0.25) is 0 Å². The second-order valence-corrected chi connectivity index (χ2v) is 2.95. The van der Waals surface area contributed by atoms with Gasteiger partial charge >= 0.3 is 0 Å². The summed E-state index contributed by atoms with van der Waals surface area (Å²) in [5.74, 6) is -0.0984. The van der Waals surface area contributed by atoms with Crippen molar-refractivity contribution in [1.82, 2.24) is 14.8 Å². The average Bonchev–Trinajstić information content (AvgIpc) is 2.65. The summed E-state index contributed by atoms with van der Waals surface area (Å²) >= 11 is 0. The Balaban J connectivity index is 2.34. The summed E-state index contributed by atoms with van der Waals surface area (Å²) in [6.07, 6.45) is 4.82. The van der Waals surface area contributed by atoms with E-state index in [4.69, 9.17) is 0 Å². The smallest absolute Gasteiger partial charge is 0.214 e. The largest absolute Gasteiger partial charge is 0.287 e. The Kier molecular flexibility index (Phi) is 2.10. The first-order chi connectivity index (χ1) is 6.77. The lowest BCUT2D eigenvalue weighted by molar-refractivity contribution is 0.103. The molecule has 0 spiro atoms. The van der Waals surface area contributed by atoms with E-state index < -0.39 is 0 Å². The first-order valence-corrected chi connectivity index (χ1v) is 4.22. The molecule has 0 unspecified atom stereocenters. The van der Waals surface area contributed by atoms with Gasteiger partial charge in [0.2, 0.25) is 5.78 Å². The van der Waals surface area contributed by atoms with Crippen LogP contribution in [0.25, 0.3) is 0 Å². The number of carbonyl (C=O) groups is 1. The van der Waals surface area contributed by atoms with Gasteiger partial charge in [-0.15, -0.1) is 0 Å². The Labute approximate surface area is 81.2 Å². The highest BCUT2D eigenvalue weighted by Crippen LogP contribution is 2.05. The minimum absolute atomic E-state index is 0.0984. The monoisotopic (exact) mass is 187 g/mol. The van der Waals surface area contributed by atoms with Crippen LogP contribution in [0.4, 0.5) is 0 Å². The first kappa shape index (κ1) is 8.62. The van der Waals surface area contributed by atoms with Crippen molar-refractivity contribution in [3.8, 4) is 0 Å². The fraction of sp³-hybridized carbons (Fsp3) is 0.100. The van der Waals surface area contributed by atoms with E-state index >= 15 is 0 Å². The molecule has 2 aromatic rings. The van der Waals surface area contributed by atoms with Gasteiger partial charge in [-0.05, 0) is 12.1 Å². The molecule has 0 aromatic carbocycles. The number of aromatic nitrogens is 3. The summed E-state index contributed by atoms with van der Waals surface area (Å²) in [6.45, 7) is 0. The summed E-state index contributed by atoms with van der Waals surface area (Å²) in [5, 5.41) is 3.93. The Morgan fingerprint density at radius 2 is 2.29 bits per heavy atom. The standard InChI is InChI=1S/C10H9N3O/c1-13-7-8(6-12-13)10(14)9-4-2-3-5-11-9/h2-7H,1H3. The maximum absolute atomic E-state index is 11.7. The Bertz CT molecular complexity index is 447. The molecule has 2 heterocycles. The van der Waals surface area contributed by atoms with Crippen molar-refractivity contribution in [2.24, 2.45) is 7.05 Å². The van der Waals surface area contributed by atoms with Crippen molar-refractivity contribution in [1.29, 1.82) is 0 Å². The van der Waals surface area contributed by atoms with Crippen molar-refractivity contribution in [3.05, 3.63) is 48.0 Å². The predicted octanol–water partition coefficient (Wildman–Crippen LogP) is 1.05. The molecule has 0 aliphatic rings. The number of pyridine rings is 1. The zero-order chi connectivity index (χ0) is 9.97. The minimum atomic E-state index is -0.0984. The number of aryl methyl sites for hydroxylation is 1. The number of ketones is 1. The summed E-state index contributed by atoms with van der Waals surface area (Å²) in [6, 6.07) is 5.26. The molecule has 2 rings (SSSR count). The number of hydrogen-bond donors (Lipinski definition) is 0. The molecule has 0 radical (unpaired) electrons. The number of carbonyl (C=O) groups excluding carboxylic acids is 1. The summed E-state index contributed by atoms with van der Waals surface area (Å²) in [4.78, 5) is 15.7. The Morgan fingerprint density at radius 3 is 2.86 bits per heavy atom. The van der Waals surface area contributed by atoms with Crippen LogP contribution in [0, 0.1) is 0 Å². The number of hydrogen-bond acceptors (Lipinski definition) is 3. The molecule has 0 aliphatic heterocycles. The van der Waals surface area contributed by atoms with E-state index in [2.05, 4.69) is 10.1 Å². The topological polar surface area (TPSA) is 47.8 Å². The van der Waals surface area contributed by atoms with E-state index in [1.54, 1.807) is 42.3 Å². The lowest BCUT2D eigenvalue weighted by Gasteiger charge is -1.94. The lowest BCUT2D eigenvalue weighted by Crippen LogP contribution is -2.01. The van der Waals surface area contributed by atoms with Gasteiger partial charge in [0.15, 0.2) is 0 Å². The maximum atomic E-state index is 11.7. The Morgan fingerprint density at radius 1 is 1.43 bits per heavy atom. The van der Waals surface area contributed by atoms with Crippen molar-refractivity contribution < 1.29 is 4.79 Å². The quantitative estimate of drug-likeness (QED) is 0.660. The van der Waals surface area contributed by atoms with Gasteiger partial charge < -0.3 is 0 Å². The van der Waals surface area contributed by atoms with Crippen molar-refractivity contribution in [3.63, 3.8) is 0 Å². The molecule has 0 atom stereocenters. The molecular weight excluding hydrogens is 178 g/mol. The van der Waals surface area contributed by atoms with Gasteiger partial charge in [0, 0.05) is 19.4 Å². The van der Waals surface area contributed by atoms with Crippen LogP contribution in [0.15, 0.2) is 36.8 Å². The van der Waals surface area contributed by atoms with Crippen LogP contribution in [0.5, 0.6) is 0 Å². The summed E-state index contributed by atoms with van der Waals surface area (Å²) in [7, 11) is 1.77. The van der Waals surface area contributed by atoms with Crippen molar-refractivity contribution >= 4 is 5.78 Å². The second-order valence-electron chi connectivity index (χ2n) is 2.95. The highest BCUT2D eigenvalue weighted by molar-refractivity contribution is 6.07. The fourth-order valence-electron chi connectivity index (χ4n) is 1.18. The van der Waals surface area contributed by atoms with E-state index in [0.717, 1.165) is 0 Å². The first-order valence-electron chi connectivity index (χ1n) is 4.22. The van der Waals surface area contributed by atoms with Gasteiger partial charge in [-0.1, -0.05) is 6.07 Å². The van der Waals surface area contributed by atoms with Crippen LogP contribution in [-0.2, 0) is 7.05 Å². The molecule has 4 nitrogen and oxygen atoms in total.